The van der Waals surface area contributed by atoms with Gasteiger partial charge in [0, 0.05) is 32.9 Å². The molecule has 0 bridgehead atoms. The molecule has 106 valence electrons. The fourth-order valence-corrected chi connectivity index (χ4v) is 2.18. The third-order valence-electron chi connectivity index (χ3n) is 3.33. The monoisotopic (exact) mass is 266 g/mol. The van der Waals surface area contributed by atoms with Crippen LogP contribution in [0.3, 0.4) is 0 Å². The minimum atomic E-state index is 0.00522. The minimum Gasteiger partial charge on any atom is -0.375 e. The maximum Gasteiger partial charge on any atom is 0.317 e. The van der Waals surface area contributed by atoms with Crippen LogP contribution in [0, 0.1) is 0 Å². The third-order valence-corrected chi connectivity index (χ3v) is 3.33. The second-order valence-electron chi connectivity index (χ2n) is 4.85. The number of amides is 2. The predicted molar refractivity (Wildman–Crippen MR) is 71.9 cm³/mol. The summed E-state index contributed by atoms with van der Waals surface area (Å²) in [4.78, 5) is 13.8. The van der Waals surface area contributed by atoms with Crippen LogP contribution in [0.4, 0.5) is 4.79 Å². The Morgan fingerprint density at radius 3 is 3.16 bits per heavy atom. The number of carbonyl (C=O) groups is 1. The first-order chi connectivity index (χ1) is 9.19. The summed E-state index contributed by atoms with van der Waals surface area (Å²) in [6.07, 6.45) is 5.72. The van der Waals surface area contributed by atoms with Crippen molar-refractivity contribution in [1.29, 1.82) is 0 Å². The van der Waals surface area contributed by atoms with Crippen LogP contribution in [0.25, 0.3) is 0 Å². The van der Waals surface area contributed by atoms with Crippen LogP contribution < -0.4 is 5.32 Å². The molecule has 6 heteroatoms. The van der Waals surface area contributed by atoms with Gasteiger partial charge in [0.15, 0.2) is 0 Å². The normalized spacial score (nSPS) is 19.5. The van der Waals surface area contributed by atoms with Gasteiger partial charge in [0.05, 0.1) is 18.9 Å². The van der Waals surface area contributed by atoms with Gasteiger partial charge in [-0.1, -0.05) is 6.92 Å². The Balaban J connectivity index is 1.72. The molecular weight excluding hydrogens is 244 g/mol. The first-order valence-electron chi connectivity index (χ1n) is 6.81. The molecule has 2 heterocycles. The average Bonchev–Trinajstić information content (AvgIpc) is 2.84. The summed E-state index contributed by atoms with van der Waals surface area (Å²) in [5.41, 5.74) is 1.14. The highest BCUT2D eigenvalue weighted by Crippen LogP contribution is 2.08. The molecule has 1 aromatic heterocycles. The van der Waals surface area contributed by atoms with E-state index in [4.69, 9.17) is 4.74 Å². The number of nitrogens with one attached hydrogen (secondary N) is 1. The van der Waals surface area contributed by atoms with Crippen molar-refractivity contribution < 1.29 is 9.53 Å². The smallest absolute Gasteiger partial charge is 0.317 e. The van der Waals surface area contributed by atoms with Crippen molar-refractivity contribution in [3.05, 3.63) is 18.0 Å². The maximum absolute atomic E-state index is 12.0. The number of ether oxygens (including phenoxy) is 1. The van der Waals surface area contributed by atoms with Crippen LogP contribution in [0.5, 0.6) is 0 Å². The Kier molecular flexibility index (Phi) is 4.79. The second-order valence-corrected chi connectivity index (χ2v) is 4.85. The molecule has 6 nitrogen and oxygen atoms in total. The number of rotatable bonds is 4. The fourth-order valence-electron chi connectivity index (χ4n) is 2.18. The van der Waals surface area contributed by atoms with Crippen LogP contribution >= 0.6 is 0 Å². The summed E-state index contributed by atoms with van der Waals surface area (Å²) in [6.45, 7) is 4.71. The number of hydrogen-bond donors (Lipinski definition) is 1. The zero-order valence-electron chi connectivity index (χ0n) is 11.6. The van der Waals surface area contributed by atoms with Gasteiger partial charge in [-0.3, -0.25) is 4.68 Å². The number of carbonyl (C=O) groups excluding carboxylic acids is 1. The van der Waals surface area contributed by atoms with Crippen molar-refractivity contribution in [2.45, 2.75) is 25.9 Å². The van der Waals surface area contributed by atoms with Crippen LogP contribution in [0.15, 0.2) is 12.4 Å². The van der Waals surface area contributed by atoms with Crippen LogP contribution in [0.2, 0.25) is 0 Å². The van der Waals surface area contributed by atoms with E-state index in [1.165, 1.54) is 0 Å². The number of aromatic nitrogens is 2. The molecule has 0 aliphatic carbocycles. The van der Waals surface area contributed by atoms with Crippen molar-refractivity contribution >= 4 is 6.03 Å². The molecule has 0 unspecified atom stereocenters. The first-order valence-corrected chi connectivity index (χ1v) is 6.81. The lowest BCUT2D eigenvalue weighted by atomic mass is 10.2. The average molecular weight is 266 g/mol. The van der Waals surface area contributed by atoms with Crippen LogP contribution in [-0.4, -0.2) is 53.1 Å². The fraction of sp³-hybridized carbons (Fsp3) is 0.692. The quantitative estimate of drug-likeness (QED) is 0.876. The van der Waals surface area contributed by atoms with Gasteiger partial charge in [-0.05, 0) is 18.4 Å². The van der Waals surface area contributed by atoms with Gasteiger partial charge < -0.3 is 15.0 Å². The zero-order chi connectivity index (χ0) is 13.7. The van der Waals surface area contributed by atoms with Gasteiger partial charge in [-0.2, -0.15) is 5.10 Å². The third kappa shape index (κ3) is 3.96. The van der Waals surface area contributed by atoms with E-state index in [0.717, 1.165) is 18.4 Å². The van der Waals surface area contributed by atoms with E-state index in [0.29, 0.717) is 26.2 Å². The van der Waals surface area contributed by atoms with E-state index in [2.05, 4.69) is 17.3 Å². The molecule has 0 aromatic carbocycles. The lowest BCUT2D eigenvalue weighted by Crippen LogP contribution is -2.49. The summed E-state index contributed by atoms with van der Waals surface area (Å²) < 4.78 is 7.32. The van der Waals surface area contributed by atoms with Gasteiger partial charge >= 0.3 is 6.03 Å². The van der Waals surface area contributed by atoms with Crippen molar-refractivity contribution in [3.8, 4) is 0 Å². The highest BCUT2D eigenvalue weighted by atomic mass is 16.5. The number of nitrogens with zero attached hydrogens (tertiary/aromatic N) is 3. The summed E-state index contributed by atoms with van der Waals surface area (Å²) in [5.74, 6) is 0. The molecule has 1 atom stereocenters. The van der Waals surface area contributed by atoms with E-state index in [1.807, 2.05) is 24.3 Å². The first kappa shape index (κ1) is 13.9. The Bertz CT molecular complexity index is 419. The number of aryl methyl sites for hydroxylation is 1. The topological polar surface area (TPSA) is 59.4 Å². The summed E-state index contributed by atoms with van der Waals surface area (Å²) >= 11 is 0. The lowest BCUT2D eigenvalue weighted by Gasteiger charge is -2.32. The van der Waals surface area contributed by atoms with Crippen molar-refractivity contribution in [2.75, 3.05) is 26.2 Å². The van der Waals surface area contributed by atoms with Gasteiger partial charge in [0.1, 0.15) is 0 Å². The Labute approximate surface area is 113 Å². The molecule has 1 aliphatic rings. The molecular formula is C13H22N4O2. The Hall–Kier alpha value is -1.56. The van der Waals surface area contributed by atoms with Crippen LogP contribution in [-0.2, 0) is 18.2 Å². The highest BCUT2D eigenvalue weighted by Gasteiger charge is 2.22. The molecule has 19 heavy (non-hydrogen) atoms. The molecule has 0 spiro atoms. The predicted octanol–water partition coefficient (Wildman–Crippen LogP) is 0.783. The van der Waals surface area contributed by atoms with Crippen molar-refractivity contribution in [3.63, 3.8) is 0 Å². The second kappa shape index (κ2) is 6.56. The lowest BCUT2D eigenvalue weighted by molar-refractivity contribution is -0.0153. The zero-order valence-corrected chi connectivity index (χ0v) is 11.6. The molecule has 0 saturated carbocycles. The molecule has 0 radical (unpaired) electrons. The maximum atomic E-state index is 12.0. The molecule has 2 amide bonds. The van der Waals surface area contributed by atoms with E-state index >= 15 is 0 Å². The molecule has 2 rings (SSSR count). The largest absolute Gasteiger partial charge is 0.375 e. The van der Waals surface area contributed by atoms with Gasteiger partial charge in [-0.15, -0.1) is 0 Å². The molecule has 1 aromatic rings. The van der Waals surface area contributed by atoms with Crippen LogP contribution in [0.1, 0.15) is 18.9 Å². The van der Waals surface area contributed by atoms with Crippen molar-refractivity contribution in [2.24, 2.45) is 7.05 Å². The highest BCUT2D eigenvalue weighted by molar-refractivity contribution is 5.74. The molecule has 1 fully saturated rings. The standard InChI is InChI=1S/C13H22N4O2/c1-3-12-10-17(6-7-19-12)13(18)14-5-4-11-8-15-16(2)9-11/h8-9,12H,3-7,10H2,1-2H3,(H,14,18)/t12-/m1/s1. The summed E-state index contributed by atoms with van der Waals surface area (Å²) in [7, 11) is 1.89. The van der Waals surface area contributed by atoms with E-state index in [-0.39, 0.29) is 12.1 Å². The van der Waals surface area contributed by atoms with Crippen molar-refractivity contribution in [1.82, 2.24) is 20.0 Å². The van der Waals surface area contributed by atoms with Gasteiger partial charge in [0.25, 0.3) is 0 Å². The van der Waals surface area contributed by atoms with E-state index in [1.54, 1.807) is 4.68 Å². The Morgan fingerprint density at radius 2 is 2.47 bits per heavy atom. The van der Waals surface area contributed by atoms with E-state index in [9.17, 15) is 4.79 Å². The van der Waals surface area contributed by atoms with Gasteiger partial charge in [-0.25, -0.2) is 4.79 Å². The summed E-state index contributed by atoms with van der Waals surface area (Å²) in [5, 5.41) is 7.05. The molecule has 1 N–H and O–H groups in total. The number of hydrogen-bond acceptors (Lipinski definition) is 3. The van der Waals surface area contributed by atoms with E-state index < -0.39 is 0 Å². The van der Waals surface area contributed by atoms with Gasteiger partial charge in [0.2, 0.25) is 0 Å². The minimum absolute atomic E-state index is 0.00522. The molecule has 1 saturated heterocycles. The SMILES string of the molecule is CC[C@@H]1CN(C(=O)NCCc2cnn(C)c2)CCO1. The summed E-state index contributed by atoms with van der Waals surface area (Å²) in [6, 6.07) is 0.00522. The number of morpholine rings is 1. The molecule has 1 aliphatic heterocycles. The Morgan fingerprint density at radius 1 is 1.63 bits per heavy atom. The number of urea groups is 1.